The first-order valence-electron chi connectivity index (χ1n) is 13.0. The molecule has 40 heavy (non-hydrogen) atoms. The number of aromatic hydroxyl groups is 1. The average Bonchev–Trinajstić information content (AvgIpc) is 2.93. The zero-order valence-electron chi connectivity index (χ0n) is 22.5. The highest BCUT2D eigenvalue weighted by Crippen LogP contribution is 2.47. The first kappa shape index (κ1) is 27.6. The minimum Gasteiger partial charge on any atom is -0.506 e. The van der Waals surface area contributed by atoms with E-state index in [1.54, 1.807) is 19.0 Å². The number of hydrogen-bond acceptors (Lipinski definition) is 9. The number of nitrogens with zero attached hydrogens (tertiary/aromatic N) is 1. The largest absolute Gasteiger partial charge is 0.506 e. The lowest BCUT2D eigenvalue weighted by Crippen LogP contribution is -2.25. The van der Waals surface area contributed by atoms with Crippen LogP contribution < -0.4 is 10.2 Å². The Morgan fingerprint density at radius 2 is 1.93 bits per heavy atom. The van der Waals surface area contributed by atoms with E-state index in [1.165, 1.54) is 19.2 Å². The molecule has 0 spiro atoms. The van der Waals surface area contributed by atoms with E-state index in [0.29, 0.717) is 44.1 Å². The quantitative estimate of drug-likeness (QED) is 0.247. The van der Waals surface area contributed by atoms with E-state index in [9.17, 15) is 29.4 Å². The first-order valence-corrected chi connectivity index (χ1v) is 13.3. The number of aliphatic hydroxyl groups excluding tert-OH is 1. The molecule has 5 rings (SSSR count). The summed E-state index contributed by atoms with van der Waals surface area (Å²) in [6.45, 7) is 1.94. The molecule has 1 heterocycles. The van der Waals surface area contributed by atoms with Gasteiger partial charge in [0, 0.05) is 47.3 Å². The number of methoxy groups -OCH3 is 1. The van der Waals surface area contributed by atoms with E-state index in [4.69, 9.17) is 20.8 Å². The minimum atomic E-state index is -0.984. The Morgan fingerprint density at radius 3 is 2.55 bits per heavy atom. The number of carbonyl (C=O) groups is 3. The van der Waals surface area contributed by atoms with Gasteiger partial charge in [-0.05, 0) is 37.8 Å². The molecule has 0 bridgehead atoms. The smallest absolute Gasteiger partial charge is 0.200 e. The number of aliphatic hydroxyl groups is 1. The molecule has 0 amide bonds. The summed E-state index contributed by atoms with van der Waals surface area (Å²) < 4.78 is 11.6. The van der Waals surface area contributed by atoms with Crippen molar-refractivity contribution in [3.05, 3.63) is 66.7 Å². The highest BCUT2D eigenvalue weighted by Gasteiger charge is 2.38. The summed E-state index contributed by atoms with van der Waals surface area (Å²) in [7, 11) is 4.84. The predicted octanol–water partition coefficient (Wildman–Crippen LogP) is 4.72. The standard InChI is InChI=1S/C30H28ClNO8/c1-5-7-17(32(2)3)23(31)21-16(12-33)26(37)19-13(24(21)35)10-11-14-20(19)27(38)22-25(36)15-8-6-9-18(34)28(15)40-30(22)29(14)39-4/h10-12,18,34,38H,5-9H2,1-4H3/b23-17+/t18-/m0/s1. The van der Waals surface area contributed by atoms with Crippen LogP contribution in [0.5, 0.6) is 11.5 Å². The third kappa shape index (κ3) is 3.87. The molecule has 2 aliphatic rings. The van der Waals surface area contributed by atoms with E-state index >= 15 is 0 Å². The second kappa shape index (κ2) is 10.2. The fourth-order valence-corrected chi connectivity index (χ4v) is 6.18. The van der Waals surface area contributed by atoms with Gasteiger partial charge in [0.05, 0.1) is 23.3 Å². The van der Waals surface area contributed by atoms with Crippen LogP contribution in [0.25, 0.3) is 21.7 Å². The first-order chi connectivity index (χ1) is 19.1. The maximum Gasteiger partial charge on any atom is 0.200 e. The van der Waals surface area contributed by atoms with Gasteiger partial charge in [-0.25, -0.2) is 0 Å². The normalized spacial score (nSPS) is 17.6. The van der Waals surface area contributed by atoms with Gasteiger partial charge in [-0.1, -0.05) is 24.9 Å². The number of phenols is 1. The van der Waals surface area contributed by atoms with Gasteiger partial charge in [-0.3, -0.25) is 19.2 Å². The lowest BCUT2D eigenvalue weighted by molar-refractivity contribution is -0.104. The number of phenolic OH excluding ortho intramolecular Hbond substituents is 1. The number of ether oxygens (including phenoxy) is 1. The predicted molar refractivity (Wildman–Crippen MR) is 149 cm³/mol. The van der Waals surface area contributed by atoms with E-state index in [0.717, 1.165) is 0 Å². The van der Waals surface area contributed by atoms with Crippen molar-refractivity contribution in [2.45, 2.75) is 45.1 Å². The molecule has 1 atom stereocenters. The van der Waals surface area contributed by atoms with Crippen molar-refractivity contribution in [1.29, 1.82) is 0 Å². The zero-order valence-corrected chi connectivity index (χ0v) is 23.3. The van der Waals surface area contributed by atoms with Crippen LogP contribution in [0.1, 0.15) is 70.8 Å². The van der Waals surface area contributed by atoms with Crippen molar-refractivity contribution >= 4 is 51.2 Å². The summed E-state index contributed by atoms with van der Waals surface area (Å²) in [5, 5.41) is 21.8. The summed E-state index contributed by atoms with van der Waals surface area (Å²) in [5.74, 6) is -1.88. The summed E-state index contributed by atoms with van der Waals surface area (Å²) in [6, 6.07) is 2.88. The van der Waals surface area contributed by atoms with Gasteiger partial charge in [-0.15, -0.1) is 0 Å². The molecule has 2 N–H and O–H groups in total. The third-order valence-corrected chi connectivity index (χ3v) is 8.02. The topological polar surface area (TPSA) is 134 Å². The maximum atomic E-state index is 13.9. The van der Waals surface area contributed by atoms with E-state index in [2.05, 4.69) is 0 Å². The number of allylic oxidation sites excluding steroid dienone is 4. The highest BCUT2D eigenvalue weighted by atomic mass is 35.5. The molecule has 2 aliphatic carbocycles. The Kier molecular flexibility index (Phi) is 7.06. The molecule has 10 heteroatoms. The van der Waals surface area contributed by atoms with Gasteiger partial charge in [0.2, 0.25) is 0 Å². The Labute approximate surface area is 234 Å². The van der Waals surface area contributed by atoms with Crippen LogP contribution in [0.3, 0.4) is 0 Å². The van der Waals surface area contributed by atoms with Gasteiger partial charge >= 0.3 is 0 Å². The van der Waals surface area contributed by atoms with Crippen LogP contribution in [0.4, 0.5) is 0 Å². The molecule has 0 unspecified atom stereocenters. The molecule has 0 fully saturated rings. The number of fused-ring (bicyclic) bond motifs is 5. The number of carbonyl (C=O) groups excluding carboxylic acids is 3. The second-order valence-electron chi connectivity index (χ2n) is 10.1. The second-order valence-corrected chi connectivity index (χ2v) is 10.5. The van der Waals surface area contributed by atoms with E-state index in [1.807, 2.05) is 6.92 Å². The molecular weight excluding hydrogens is 538 g/mol. The molecule has 208 valence electrons. The van der Waals surface area contributed by atoms with Crippen molar-refractivity contribution in [2.24, 2.45) is 0 Å². The molecule has 2 aromatic carbocycles. The Hall–Kier alpha value is -3.95. The number of ketones is 2. The van der Waals surface area contributed by atoms with E-state index in [-0.39, 0.29) is 60.5 Å². The van der Waals surface area contributed by atoms with Crippen LogP contribution in [-0.2, 0) is 11.2 Å². The van der Waals surface area contributed by atoms with Gasteiger partial charge in [0.25, 0.3) is 0 Å². The van der Waals surface area contributed by atoms with Crippen LogP contribution >= 0.6 is 11.6 Å². The van der Waals surface area contributed by atoms with Crippen LogP contribution in [0.15, 0.2) is 43.2 Å². The Bertz CT molecular complexity index is 1760. The summed E-state index contributed by atoms with van der Waals surface area (Å²) in [4.78, 5) is 55.4. The van der Waals surface area contributed by atoms with Crippen molar-refractivity contribution in [2.75, 3.05) is 21.2 Å². The maximum absolute atomic E-state index is 13.9. The van der Waals surface area contributed by atoms with Crippen molar-refractivity contribution < 1.29 is 33.8 Å². The number of Topliss-reactive ketones (excluding diaryl/α,β-unsaturated/α-hetero) is 2. The number of halogens is 1. The zero-order chi connectivity index (χ0) is 29.0. The average molecular weight is 566 g/mol. The molecule has 0 aliphatic heterocycles. The summed E-state index contributed by atoms with van der Waals surface area (Å²) in [5.41, 5.74) is -0.772. The molecule has 1 aromatic heterocycles. The van der Waals surface area contributed by atoms with Gasteiger partial charge < -0.3 is 24.3 Å². The van der Waals surface area contributed by atoms with Crippen molar-refractivity contribution in [1.82, 2.24) is 4.90 Å². The minimum absolute atomic E-state index is 0.00388. The van der Waals surface area contributed by atoms with Gasteiger partial charge in [0.1, 0.15) is 23.0 Å². The highest BCUT2D eigenvalue weighted by molar-refractivity contribution is 6.44. The Balaban J connectivity index is 1.89. The van der Waals surface area contributed by atoms with Crippen LogP contribution in [0.2, 0.25) is 0 Å². The molecule has 3 aromatic rings. The van der Waals surface area contributed by atoms with Crippen LogP contribution in [0, 0.1) is 0 Å². The lowest BCUT2D eigenvalue weighted by Gasteiger charge is -2.25. The number of benzene rings is 2. The molecular formula is C30H28ClNO8. The molecule has 9 nitrogen and oxygen atoms in total. The number of hydrogen-bond donors (Lipinski definition) is 2. The fourth-order valence-electron chi connectivity index (χ4n) is 5.73. The Morgan fingerprint density at radius 1 is 1.20 bits per heavy atom. The number of aldehydes is 1. The lowest BCUT2D eigenvalue weighted by atomic mass is 9.80. The van der Waals surface area contributed by atoms with E-state index < -0.39 is 34.4 Å². The van der Waals surface area contributed by atoms with Gasteiger partial charge in [-0.2, -0.15) is 0 Å². The van der Waals surface area contributed by atoms with Crippen LogP contribution in [-0.4, -0.2) is 54.2 Å². The fraction of sp³-hybridized carbons (Fsp3) is 0.333. The number of rotatable bonds is 6. The van der Waals surface area contributed by atoms with Crippen molar-refractivity contribution in [3.63, 3.8) is 0 Å². The third-order valence-electron chi connectivity index (χ3n) is 7.61. The SMILES string of the molecule is CCC/C(=C(\Cl)C1=C(C=O)C(=O)c2c(ccc3c(OC)c4oc5c(c(=O)c4c(O)c23)CCC[C@@H]5O)C1=O)N(C)C. The monoisotopic (exact) mass is 565 g/mol. The van der Waals surface area contributed by atoms with Gasteiger partial charge in [0.15, 0.2) is 34.6 Å². The molecule has 0 radical (unpaired) electrons. The summed E-state index contributed by atoms with van der Waals surface area (Å²) >= 11 is 6.68. The molecule has 0 saturated heterocycles. The summed E-state index contributed by atoms with van der Waals surface area (Å²) in [6.07, 6.45) is 1.83. The van der Waals surface area contributed by atoms with Crippen molar-refractivity contribution in [3.8, 4) is 11.5 Å². The molecule has 0 saturated carbocycles.